The van der Waals surface area contributed by atoms with E-state index in [1.54, 1.807) is 4.90 Å². The molecule has 1 aliphatic rings. The third kappa shape index (κ3) is 4.11. The van der Waals surface area contributed by atoms with Crippen LogP contribution in [0.2, 0.25) is 0 Å². The highest BCUT2D eigenvalue weighted by molar-refractivity contribution is 5.94. The maximum atomic E-state index is 12.5. The van der Waals surface area contributed by atoms with Crippen LogP contribution in [0.5, 0.6) is 5.75 Å². The van der Waals surface area contributed by atoms with Crippen LogP contribution < -0.4 is 4.74 Å². The summed E-state index contributed by atoms with van der Waals surface area (Å²) in [5.41, 5.74) is 1.68. The number of hydrogen-bond donors (Lipinski definition) is 1. The smallest absolute Gasteiger partial charge is 0.254 e. The highest BCUT2D eigenvalue weighted by atomic mass is 16.5. The van der Waals surface area contributed by atoms with E-state index in [0.29, 0.717) is 24.8 Å². The Kier molecular flexibility index (Phi) is 4.93. The van der Waals surface area contributed by atoms with Crippen LogP contribution in [0.4, 0.5) is 0 Å². The molecule has 0 unspecified atom stereocenters. The Balaban J connectivity index is 1.61. The van der Waals surface area contributed by atoms with Gasteiger partial charge in [-0.25, -0.2) is 0 Å². The lowest BCUT2D eigenvalue weighted by Gasteiger charge is -2.21. The zero-order chi connectivity index (χ0) is 16.1. The quantitative estimate of drug-likeness (QED) is 0.855. The number of ether oxygens (including phenoxy) is 1. The molecule has 4 heteroatoms. The Hall–Kier alpha value is -2.33. The van der Waals surface area contributed by atoms with Crippen molar-refractivity contribution < 1.29 is 14.6 Å². The Labute approximate surface area is 136 Å². The van der Waals surface area contributed by atoms with Crippen molar-refractivity contribution in [1.29, 1.82) is 0 Å². The van der Waals surface area contributed by atoms with Gasteiger partial charge in [-0.15, -0.1) is 0 Å². The normalized spacial score (nSPS) is 13.6. The summed E-state index contributed by atoms with van der Waals surface area (Å²) >= 11 is 0. The van der Waals surface area contributed by atoms with Gasteiger partial charge in [-0.1, -0.05) is 30.3 Å². The van der Waals surface area contributed by atoms with Gasteiger partial charge in [-0.05, 0) is 42.7 Å². The van der Waals surface area contributed by atoms with Gasteiger partial charge in [0.25, 0.3) is 5.91 Å². The van der Waals surface area contributed by atoms with E-state index in [2.05, 4.69) is 0 Å². The fourth-order valence-electron chi connectivity index (χ4n) is 2.54. The molecule has 1 fully saturated rings. The number of carbonyl (C=O) groups excluding carboxylic acids is 1. The minimum Gasteiger partial charge on any atom is -0.489 e. The largest absolute Gasteiger partial charge is 0.489 e. The number of rotatable bonds is 7. The molecule has 1 saturated carbocycles. The van der Waals surface area contributed by atoms with Crippen molar-refractivity contribution in [3.63, 3.8) is 0 Å². The molecule has 0 spiro atoms. The molecular weight excluding hydrogens is 290 g/mol. The third-order valence-electron chi connectivity index (χ3n) is 3.94. The Morgan fingerprint density at radius 3 is 2.39 bits per heavy atom. The molecule has 3 rings (SSSR count). The molecule has 0 radical (unpaired) electrons. The molecule has 0 atom stereocenters. The molecule has 1 amide bonds. The van der Waals surface area contributed by atoms with Gasteiger partial charge < -0.3 is 14.7 Å². The highest BCUT2D eigenvalue weighted by Gasteiger charge is 2.32. The summed E-state index contributed by atoms with van der Waals surface area (Å²) in [6.45, 7) is 0.884. The fraction of sp³-hybridized carbons (Fsp3) is 0.316. The van der Waals surface area contributed by atoms with E-state index in [-0.39, 0.29) is 12.5 Å². The van der Waals surface area contributed by atoms with Crippen LogP contribution in [0, 0.1) is 0 Å². The molecule has 1 N–H and O–H groups in total. The van der Waals surface area contributed by atoms with E-state index in [0.717, 1.165) is 24.2 Å². The van der Waals surface area contributed by atoms with Gasteiger partial charge in [-0.2, -0.15) is 0 Å². The monoisotopic (exact) mass is 311 g/mol. The van der Waals surface area contributed by atoms with Crippen LogP contribution in [0.15, 0.2) is 54.6 Å². The minimum absolute atomic E-state index is 0.00271. The number of carbonyl (C=O) groups is 1. The van der Waals surface area contributed by atoms with Gasteiger partial charge in [-0.3, -0.25) is 4.79 Å². The summed E-state index contributed by atoms with van der Waals surface area (Å²) in [6, 6.07) is 17.5. The molecule has 120 valence electrons. The van der Waals surface area contributed by atoms with E-state index in [9.17, 15) is 4.79 Å². The lowest BCUT2D eigenvalue weighted by atomic mass is 10.1. The Morgan fingerprint density at radius 1 is 1.09 bits per heavy atom. The summed E-state index contributed by atoms with van der Waals surface area (Å²) in [7, 11) is 0. The molecule has 0 bridgehead atoms. The van der Waals surface area contributed by atoms with E-state index in [1.165, 1.54) is 0 Å². The first-order chi connectivity index (χ1) is 11.3. The zero-order valence-corrected chi connectivity index (χ0v) is 13.0. The van der Waals surface area contributed by atoms with Crippen LogP contribution in [-0.2, 0) is 6.61 Å². The average Bonchev–Trinajstić information content (AvgIpc) is 3.43. The van der Waals surface area contributed by atoms with E-state index >= 15 is 0 Å². The van der Waals surface area contributed by atoms with Crippen LogP contribution in [-0.4, -0.2) is 35.1 Å². The number of amides is 1. The van der Waals surface area contributed by atoms with E-state index < -0.39 is 0 Å². The maximum absolute atomic E-state index is 12.5. The molecule has 0 aliphatic heterocycles. The average molecular weight is 311 g/mol. The van der Waals surface area contributed by atoms with E-state index in [1.807, 2.05) is 54.6 Å². The first-order valence-electron chi connectivity index (χ1n) is 7.96. The predicted molar refractivity (Wildman–Crippen MR) is 88.4 cm³/mol. The summed E-state index contributed by atoms with van der Waals surface area (Å²) in [5, 5.41) is 9.12. The molecule has 2 aromatic rings. The molecule has 0 aromatic heterocycles. The Bertz CT molecular complexity index is 635. The standard InChI is InChI=1S/C19H21NO3/c21-13-12-20(17-10-11-17)19(22)16-8-6-15(7-9-16)14-23-18-4-2-1-3-5-18/h1-9,17,21H,10-14H2. The van der Waals surface area contributed by atoms with Gasteiger partial charge in [0, 0.05) is 18.2 Å². The van der Waals surface area contributed by atoms with Crippen molar-refractivity contribution >= 4 is 5.91 Å². The summed E-state index contributed by atoms with van der Waals surface area (Å²) in [4.78, 5) is 14.3. The number of aliphatic hydroxyl groups is 1. The van der Waals surface area contributed by atoms with Gasteiger partial charge in [0.05, 0.1) is 6.61 Å². The molecule has 0 heterocycles. The summed E-state index contributed by atoms with van der Waals surface area (Å²) < 4.78 is 5.70. The van der Waals surface area contributed by atoms with Crippen LogP contribution in [0.3, 0.4) is 0 Å². The van der Waals surface area contributed by atoms with Crippen molar-refractivity contribution in [1.82, 2.24) is 4.90 Å². The zero-order valence-electron chi connectivity index (χ0n) is 13.0. The second kappa shape index (κ2) is 7.29. The number of para-hydroxylation sites is 1. The van der Waals surface area contributed by atoms with Crippen molar-refractivity contribution in [3.8, 4) is 5.75 Å². The molecule has 0 saturated heterocycles. The lowest BCUT2D eigenvalue weighted by Crippen LogP contribution is -2.35. The molecule has 23 heavy (non-hydrogen) atoms. The lowest BCUT2D eigenvalue weighted by molar-refractivity contribution is 0.0707. The van der Waals surface area contributed by atoms with Crippen molar-refractivity contribution in [2.45, 2.75) is 25.5 Å². The number of aliphatic hydroxyl groups excluding tert-OH is 1. The van der Waals surface area contributed by atoms with Crippen LogP contribution >= 0.6 is 0 Å². The van der Waals surface area contributed by atoms with Crippen LogP contribution in [0.1, 0.15) is 28.8 Å². The second-order valence-corrected chi connectivity index (χ2v) is 5.75. The summed E-state index contributed by atoms with van der Waals surface area (Å²) in [5.74, 6) is 0.826. The third-order valence-corrected chi connectivity index (χ3v) is 3.94. The SMILES string of the molecule is O=C(c1ccc(COc2ccccc2)cc1)N(CCO)C1CC1. The van der Waals surface area contributed by atoms with Gasteiger partial charge in [0.15, 0.2) is 0 Å². The fourth-order valence-corrected chi connectivity index (χ4v) is 2.54. The first kappa shape index (κ1) is 15.6. The molecule has 2 aromatic carbocycles. The number of benzene rings is 2. The van der Waals surface area contributed by atoms with Gasteiger partial charge >= 0.3 is 0 Å². The number of hydrogen-bond acceptors (Lipinski definition) is 3. The van der Waals surface area contributed by atoms with Crippen LogP contribution in [0.25, 0.3) is 0 Å². The summed E-state index contributed by atoms with van der Waals surface area (Å²) in [6.07, 6.45) is 2.07. The second-order valence-electron chi connectivity index (χ2n) is 5.75. The number of nitrogens with zero attached hydrogens (tertiary/aromatic N) is 1. The van der Waals surface area contributed by atoms with Crippen molar-refractivity contribution in [2.75, 3.05) is 13.2 Å². The van der Waals surface area contributed by atoms with Crippen molar-refractivity contribution in [2.24, 2.45) is 0 Å². The Morgan fingerprint density at radius 2 is 1.78 bits per heavy atom. The topological polar surface area (TPSA) is 49.8 Å². The van der Waals surface area contributed by atoms with Gasteiger partial charge in [0.1, 0.15) is 12.4 Å². The van der Waals surface area contributed by atoms with Crippen molar-refractivity contribution in [3.05, 3.63) is 65.7 Å². The molecular formula is C19H21NO3. The molecule has 4 nitrogen and oxygen atoms in total. The minimum atomic E-state index is -0.00271. The first-order valence-corrected chi connectivity index (χ1v) is 7.96. The van der Waals surface area contributed by atoms with E-state index in [4.69, 9.17) is 9.84 Å². The van der Waals surface area contributed by atoms with Gasteiger partial charge in [0.2, 0.25) is 0 Å². The molecule has 1 aliphatic carbocycles. The maximum Gasteiger partial charge on any atom is 0.254 e. The predicted octanol–water partition coefficient (Wildman–Crippen LogP) is 2.86. The highest BCUT2D eigenvalue weighted by Crippen LogP contribution is 2.28.